The lowest BCUT2D eigenvalue weighted by Crippen LogP contribution is -2.41. The first-order chi connectivity index (χ1) is 11.2. The molecule has 24 heavy (non-hydrogen) atoms. The summed E-state index contributed by atoms with van der Waals surface area (Å²) in [4.78, 5) is 35.0. The van der Waals surface area contributed by atoms with Crippen molar-refractivity contribution in [1.82, 2.24) is 9.13 Å². The van der Waals surface area contributed by atoms with E-state index in [9.17, 15) is 14.4 Å². The Kier molecular flexibility index (Phi) is 4.10. The van der Waals surface area contributed by atoms with E-state index in [1.807, 2.05) is 0 Å². The Morgan fingerprint density at radius 3 is 2.62 bits per heavy atom. The van der Waals surface area contributed by atoms with Crippen molar-refractivity contribution in [2.45, 2.75) is 51.1 Å². The van der Waals surface area contributed by atoms with E-state index in [2.05, 4.69) is 0 Å². The molecule has 2 aliphatic heterocycles. The predicted octanol–water partition coefficient (Wildman–Crippen LogP) is -0.472. The largest absolute Gasteiger partial charge is 0.463 e. The minimum Gasteiger partial charge on any atom is -0.463 e. The van der Waals surface area contributed by atoms with Crippen LogP contribution in [0, 0.1) is 0 Å². The molecule has 0 N–H and O–H groups in total. The molecule has 9 heteroatoms. The van der Waals surface area contributed by atoms with Gasteiger partial charge in [-0.15, -0.1) is 0 Å². The second-order valence-electron chi connectivity index (χ2n) is 6.34. The highest BCUT2D eigenvalue weighted by Gasteiger charge is 2.56. The molecule has 132 valence electrons. The summed E-state index contributed by atoms with van der Waals surface area (Å²) in [5.41, 5.74) is -0.932. The Morgan fingerprint density at radius 2 is 1.96 bits per heavy atom. The summed E-state index contributed by atoms with van der Waals surface area (Å²) in [5, 5.41) is 0. The van der Waals surface area contributed by atoms with Crippen molar-refractivity contribution in [3.05, 3.63) is 33.1 Å². The summed E-state index contributed by atoms with van der Waals surface area (Å²) in [6, 6.07) is 1.28. The van der Waals surface area contributed by atoms with Gasteiger partial charge < -0.3 is 18.9 Å². The van der Waals surface area contributed by atoms with Crippen molar-refractivity contribution in [2.24, 2.45) is 7.05 Å². The van der Waals surface area contributed by atoms with E-state index in [0.717, 1.165) is 4.57 Å². The molecule has 0 bridgehead atoms. The highest BCUT2D eigenvalue weighted by molar-refractivity contribution is 5.65. The molecular weight excluding hydrogens is 320 g/mol. The minimum atomic E-state index is -0.851. The number of aromatic nitrogens is 2. The lowest BCUT2D eigenvalue weighted by Gasteiger charge is -2.24. The summed E-state index contributed by atoms with van der Waals surface area (Å²) in [7, 11) is 1.39. The Labute approximate surface area is 137 Å². The van der Waals surface area contributed by atoms with Gasteiger partial charge in [-0.3, -0.25) is 18.7 Å². The molecule has 1 aromatic rings. The minimum absolute atomic E-state index is 0.00699. The van der Waals surface area contributed by atoms with Crippen LogP contribution in [0.15, 0.2) is 21.9 Å². The molecule has 0 saturated carbocycles. The van der Waals surface area contributed by atoms with E-state index in [4.69, 9.17) is 18.9 Å². The number of esters is 1. The second-order valence-corrected chi connectivity index (χ2v) is 6.34. The van der Waals surface area contributed by atoms with E-state index in [1.54, 1.807) is 13.8 Å². The van der Waals surface area contributed by atoms with Gasteiger partial charge in [-0.1, -0.05) is 0 Å². The van der Waals surface area contributed by atoms with Crippen LogP contribution < -0.4 is 11.2 Å². The van der Waals surface area contributed by atoms with Crippen molar-refractivity contribution < 1.29 is 23.7 Å². The van der Waals surface area contributed by atoms with Crippen LogP contribution in [0.4, 0.5) is 0 Å². The van der Waals surface area contributed by atoms with Crippen LogP contribution in [0.1, 0.15) is 27.0 Å². The highest BCUT2D eigenvalue weighted by Crippen LogP contribution is 2.42. The van der Waals surface area contributed by atoms with Gasteiger partial charge in [0.25, 0.3) is 5.56 Å². The van der Waals surface area contributed by atoms with Gasteiger partial charge in [0, 0.05) is 26.2 Å². The lowest BCUT2D eigenvalue weighted by atomic mass is 10.1. The molecule has 0 radical (unpaired) electrons. The first-order valence-electron chi connectivity index (χ1n) is 7.62. The molecule has 2 fully saturated rings. The third-order valence-electron chi connectivity index (χ3n) is 4.07. The van der Waals surface area contributed by atoms with Gasteiger partial charge in [0.15, 0.2) is 12.0 Å². The van der Waals surface area contributed by atoms with Crippen LogP contribution in [0.25, 0.3) is 0 Å². The molecule has 3 rings (SSSR count). The number of nitrogens with zero attached hydrogens (tertiary/aromatic N) is 2. The molecule has 0 amide bonds. The second kappa shape index (κ2) is 5.83. The summed E-state index contributed by atoms with van der Waals surface area (Å²) >= 11 is 0. The van der Waals surface area contributed by atoms with Gasteiger partial charge in [0.2, 0.25) is 0 Å². The van der Waals surface area contributed by atoms with Crippen LogP contribution in [0.5, 0.6) is 0 Å². The number of carbonyl (C=O) groups is 1. The standard InChI is InChI=1S/C15H20N2O7/c1-8(18)21-7-9-11-12(24-15(2,3)23-11)13(22-9)17-6-5-10(19)16(4)14(17)20/h5-6,9,11-13H,7H2,1-4H3/t9-,11-,12-,13-/m1/s1. The smallest absolute Gasteiger partial charge is 0.332 e. The topological polar surface area (TPSA) is 98.0 Å². The maximum absolute atomic E-state index is 12.4. The lowest BCUT2D eigenvalue weighted by molar-refractivity contribution is -0.202. The van der Waals surface area contributed by atoms with Gasteiger partial charge in [-0.2, -0.15) is 0 Å². The maximum Gasteiger partial charge on any atom is 0.332 e. The van der Waals surface area contributed by atoms with Gasteiger partial charge in [0.05, 0.1) is 0 Å². The molecular formula is C15H20N2O7. The third kappa shape index (κ3) is 2.90. The molecule has 9 nitrogen and oxygen atoms in total. The average Bonchev–Trinajstić information content (AvgIpc) is 2.97. The first-order valence-corrected chi connectivity index (χ1v) is 7.62. The number of rotatable bonds is 3. The molecule has 2 aliphatic rings. The summed E-state index contributed by atoms with van der Waals surface area (Å²) < 4.78 is 24.9. The van der Waals surface area contributed by atoms with E-state index < -0.39 is 47.5 Å². The zero-order valence-corrected chi connectivity index (χ0v) is 13.9. The number of carbonyl (C=O) groups excluding carboxylic acids is 1. The van der Waals surface area contributed by atoms with E-state index >= 15 is 0 Å². The van der Waals surface area contributed by atoms with Gasteiger partial charge in [0.1, 0.15) is 24.9 Å². The van der Waals surface area contributed by atoms with Crippen LogP contribution in [-0.2, 0) is 30.8 Å². The van der Waals surface area contributed by atoms with Gasteiger partial charge in [-0.05, 0) is 13.8 Å². The van der Waals surface area contributed by atoms with Crippen LogP contribution in [0.3, 0.4) is 0 Å². The van der Waals surface area contributed by atoms with Crippen LogP contribution in [-0.4, -0.2) is 45.8 Å². The summed E-state index contributed by atoms with van der Waals surface area (Å²) in [6.07, 6.45) is -1.04. The van der Waals surface area contributed by atoms with Crippen molar-refractivity contribution in [2.75, 3.05) is 6.61 Å². The Bertz CT molecular complexity index is 766. The molecule has 4 atom stereocenters. The Morgan fingerprint density at radius 1 is 1.29 bits per heavy atom. The molecule has 0 unspecified atom stereocenters. The van der Waals surface area contributed by atoms with Crippen molar-refractivity contribution in [3.8, 4) is 0 Å². The fraction of sp³-hybridized carbons (Fsp3) is 0.667. The van der Waals surface area contributed by atoms with E-state index in [1.165, 1.54) is 30.8 Å². The molecule has 0 aromatic carbocycles. The van der Waals surface area contributed by atoms with Gasteiger partial charge in [-0.25, -0.2) is 4.79 Å². The van der Waals surface area contributed by atoms with E-state index in [-0.39, 0.29) is 6.61 Å². The zero-order chi connectivity index (χ0) is 17.6. The number of fused-ring (bicyclic) bond motifs is 1. The molecule has 3 heterocycles. The summed E-state index contributed by atoms with van der Waals surface area (Å²) in [5.74, 6) is -1.29. The first kappa shape index (κ1) is 16.9. The number of ether oxygens (including phenoxy) is 4. The Hall–Kier alpha value is -1.97. The average molecular weight is 340 g/mol. The SMILES string of the molecule is CC(=O)OC[C@H]1O[C@@H](n2ccc(=O)n(C)c2=O)[C@@H]2OC(C)(C)O[C@@H]21. The zero-order valence-electron chi connectivity index (χ0n) is 13.9. The third-order valence-corrected chi connectivity index (χ3v) is 4.07. The van der Waals surface area contributed by atoms with Crippen LogP contribution in [0.2, 0.25) is 0 Å². The quantitative estimate of drug-likeness (QED) is 0.686. The van der Waals surface area contributed by atoms with Gasteiger partial charge >= 0.3 is 11.7 Å². The molecule has 1 aromatic heterocycles. The van der Waals surface area contributed by atoms with Crippen molar-refractivity contribution >= 4 is 5.97 Å². The van der Waals surface area contributed by atoms with Crippen molar-refractivity contribution in [1.29, 1.82) is 0 Å². The van der Waals surface area contributed by atoms with E-state index in [0.29, 0.717) is 0 Å². The number of hydrogen-bond donors (Lipinski definition) is 0. The summed E-state index contributed by atoms with van der Waals surface area (Å²) in [6.45, 7) is 4.81. The maximum atomic E-state index is 12.4. The normalized spacial score (nSPS) is 31.0. The molecule has 2 saturated heterocycles. The Balaban J connectivity index is 1.94. The van der Waals surface area contributed by atoms with Crippen molar-refractivity contribution in [3.63, 3.8) is 0 Å². The predicted molar refractivity (Wildman–Crippen MR) is 80.3 cm³/mol. The molecule has 0 spiro atoms. The monoisotopic (exact) mass is 340 g/mol. The van der Waals surface area contributed by atoms with Crippen LogP contribution >= 0.6 is 0 Å². The highest BCUT2D eigenvalue weighted by atomic mass is 16.8. The fourth-order valence-corrected chi connectivity index (χ4v) is 3.00. The number of hydrogen-bond acceptors (Lipinski definition) is 7. The fourth-order valence-electron chi connectivity index (χ4n) is 3.00. The molecule has 0 aliphatic carbocycles.